The van der Waals surface area contributed by atoms with Crippen molar-refractivity contribution in [3.8, 4) is 0 Å². The lowest BCUT2D eigenvalue weighted by molar-refractivity contribution is -0.0855. The zero-order valence-corrected chi connectivity index (χ0v) is 14.1. The smallest absolute Gasteiger partial charge is 0.0783 e. The topological polar surface area (TPSA) is 47.3 Å². The Morgan fingerprint density at radius 2 is 2.33 bits per heavy atom. The van der Waals surface area contributed by atoms with Crippen molar-refractivity contribution in [2.75, 3.05) is 24.4 Å². The first-order chi connectivity index (χ1) is 10.3. The fraction of sp³-hybridized carbons (Fsp3) is 0.625. The highest BCUT2D eigenvalue weighted by Gasteiger charge is 2.42. The van der Waals surface area contributed by atoms with Crippen LogP contribution in [0.5, 0.6) is 0 Å². The van der Waals surface area contributed by atoms with E-state index in [1.165, 1.54) is 22.6 Å². The number of hydrogen-bond acceptors (Lipinski definition) is 5. The Kier molecular flexibility index (Phi) is 5.17. The van der Waals surface area contributed by atoms with E-state index in [4.69, 9.17) is 10.6 Å². The minimum Gasteiger partial charge on any atom is -0.374 e. The SMILES string of the molecule is CSc1ccccc1C(NN)C1CCOC2(CCSC2)C1. The molecule has 3 N–H and O–H groups in total. The molecular weight excluding hydrogens is 300 g/mol. The molecule has 0 bridgehead atoms. The molecule has 2 aliphatic heterocycles. The summed E-state index contributed by atoms with van der Waals surface area (Å²) in [4.78, 5) is 1.32. The number of hydrogen-bond donors (Lipinski definition) is 2. The van der Waals surface area contributed by atoms with Crippen LogP contribution >= 0.6 is 23.5 Å². The van der Waals surface area contributed by atoms with Gasteiger partial charge in [0.05, 0.1) is 11.6 Å². The molecule has 1 aromatic carbocycles. The predicted octanol–water partition coefficient (Wildman–Crippen LogP) is 3.22. The molecule has 5 heteroatoms. The van der Waals surface area contributed by atoms with Gasteiger partial charge in [0.2, 0.25) is 0 Å². The first-order valence-corrected chi connectivity index (χ1v) is 9.97. The number of ether oxygens (including phenoxy) is 1. The van der Waals surface area contributed by atoms with Crippen LogP contribution in [0.3, 0.4) is 0 Å². The summed E-state index contributed by atoms with van der Waals surface area (Å²) in [5.41, 5.74) is 4.54. The molecule has 1 aromatic rings. The lowest BCUT2D eigenvalue weighted by Crippen LogP contribution is -2.45. The van der Waals surface area contributed by atoms with E-state index in [0.717, 1.165) is 25.2 Å². The van der Waals surface area contributed by atoms with Gasteiger partial charge in [0.1, 0.15) is 0 Å². The average Bonchev–Trinajstić information content (AvgIpc) is 2.96. The van der Waals surface area contributed by atoms with Crippen LogP contribution in [0.25, 0.3) is 0 Å². The molecule has 21 heavy (non-hydrogen) atoms. The maximum absolute atomic E-state index is 6.15. The summed E-state index contributed by atoms with van der Waals surface area (Å²) >= 11 is 3.82. The highest BCUT2D eigenvalue weighted by Crippen LogP contribution is 2.44. The Morgan fingerprint density at radius 3 is 3.05 bits per heavy atom. The van der Waals surface area contributed by atoms with E-state index in [1.807, 2.05) is 11.8 Å². The van der Waals surface area contributed by atoms with Gasteiger partial charge in [0.25, 0.3) is 0 Å². The van der Waals surface area contributed by atoms with Gasteiger partial charge in [-0.2, -0.15) is 11.8 Å². The number of benzene rings is 1. The summed E-state index contributed by atoms with van der Waals surface area (Å²) in [5, 5.41) is 0. The van der Waals surface area contributed by atoms with Crippen molar-refractivity contribution in [1.29, 1.82) is 0 Å². The monoisotopic (exact) mass is 324 g/mol. The molecule has 3 rings (SSSR count). The van der Waals surface area contributed by atoms with Crippen LogP contribution in [-0.4, -0.2) is 30.0 Å². The number of nitrogens with two attached hydrogens (primary N) is 1. The van der Waals surface area contributed by atoms with Crippen LogP contribution in [0, 0.1) is 5.92 Å². The van der Waals surface area contributed by atoms with Gasteiger partial charge in [-0.3, -0.25) is 11.3 Å². The van der Waals surface area contributed by atoms with E-state index < -0.39 is 0 Å². The second kappa shape index (κ2) is 6.92. The molecule has 3 nitrogen and oxygen atoms in total. The molecule has 2 heterocycles. The molecule has 2 saturated heterocycles. The van der Waals surface area contributed by atoms with Gasteiger partial charge < -0.3 is 4.74 Å². The van der Waals surface area contributed by atoms with Crippen LogP contribution in [0.4, 0.5) is 0 Å². The lowest BCUT2D eigenvalue weighted by atomic mass is 9.79. The van der Waals surface area contributed by atoms with E-state index in [9.17, 15) is 0 Å². The van der Waals surface area contributed by atoms with Crippen LogP contribution in [-0.2, 0) is 4.74 Å². The molecular formula is C16H24N2OS2. The second-order valence-corrected chi connectivity index (χ2v) is 7.93. The predicted molar refractivity (Wildman–Crippen MR) is 91.6 cm³/mol. The highest BCUT2D eigenvalue weighted by molar-refractivity contribution is 7.99. The molecule has 3 unspecified atom stereocenters. The molecule has 0 aromatic heterocycles. The van der Waals surface area contributed by atoms with Gasteiger partial charge in [-0.15, -0.1) is 11.8 Å². The molecule has 0 saturated carbocycles. The van der Waals surface area contributed by atoms with Gasteiger partial charge in [-0.1, -0.05) is 18.2 Å². The Balaban J connectivity index is 1.82. The molecule has 2 aliphatic rings. The van der Waals surface area contributed by atoms with Crippen molar-refractivity contribution in [2.24, 2.45) is 11.8 Å². The van der Waals surface area contributed by atoms with E-state index in [0.29, 0.717) is 5.92 Å². The molecule has 0 amide bonds. The molecule has 0 radical (unpaired) electrons. The molecule has 1 spiro atoms. The summed E-state index contributed by atoms with van der Waals surface area (Å²) in [6, 6.07) is 8.83. The quantitative estimate of drug-likeness (QED) is 0.506. The maximum atomic E-state index is 6.15. The molecule has 0 aliphatic carbocycles. The van der Waals surface area contributed by atoms with Crippen LogP contribution in [0.15, 0.2) is 29.2 Å². The molecule has 3 atom stereocenters. The summed E-state index contributed by atoms with van der Waals surface area (Å²) in [7, 11) is 0. The third kappa shape index (κ3) is 3.27. The van der Waals surface area contributed by atoms with Gasteiger partial charge in [0.15, 0.2) is 0 Å². The number of thioether (sulfide) groups is 2. The fourth-order valence-electron chi connectivity index (χ4n) is 3.62. The number of rotatable bonds is 4. The maximum Gasteiger partial charge on any atom is 0.0783 e. The van der Waals surface area contributed by atoms with Crippen molar-refractivity contribution >= 4 is 23.5 Å². The van der Waals surface area contributed by atoms with Crippen molar-refractivity contribution in [1.82, 2.24) is 5.43 Å². The van der Waals surface area contributed by atoms with Gasteiger partial charge in [-0.05, 0) is 48.8 Å². The zero-order valence-electron chi connectivity index (χ0n) is 12.5. The van der Waals surface area contributed by atoms with E-state index >= 15 is 0 Å². The standard InChI is InChI=1S/C16H24N2OS2/c1-20-14-5-3-2-4-13(14)15(18-17)12-6-8-19-16(10-12)7-9-21-11-16/h2-5,12,15,18H,6-11,17H2,1H3. The summed E-state index contributed by atoms with van der Waals surface area (Å²) in [6.45, 7) is 0.866. The first kappa shape index (κ1) is 15.7. The Labute approximate surface area is 135 Å². The van der Waals surface area contributed by atoms with Gasteiger partial charge in [-0.25, -0.2) is 0 Å². The van der Waals surface area contributed by atoms with E-state index in [1.54, 1.807) is 11.8 Å². The van der Waals surface area contributed by atoms with Crippen molar-refractivity contribution < 1.29 is 4.74 Å². The van der Waals surface area contributed by atoms with E-state index in [-0.39, 0.29) is 11.6 Å². The van der Waals surface area contributed by atoms with Gasteiger partial charge >= 0.3 is 0 Å². The number of nitrogens with one attached hydrogen (secondary N) is 1. The Morgan fingerprint density at radius 1 is 1.48 bits per heavy atom. The third-order valence-corrected chi connectivity index (χ3v) is 6.76. The summed E-state index contributed by atoms with van der Waals surface area (Å²) in [5.74, 6) is 8.87. The van der Waals surface area contributed by atoms with E-state index in [2.05, 4.69) is 35.9 Å². The average molecular weight is 325 g/mol. The zero-order chi connectivity index (χ0) is 14.7. The summed E-state index contributed by atoms with van der Waals surface area (Å²) < 4.78 is 6.15. The minimum absolute atomic E-state index is 0.108. The Hall–Kier alpha value is -0.200. The van der Waals surface area contributed by atoms with Crippen LogP contribution in [0.1, 0.15) is 30.9 Å². The normalized spacial score (nSPS) is 30.7. The van der Waals surface area contributed by atoms with Crippen molar-refractivity contribution in [3.63, 3.8) is 0 Å². The second-order valence-electron chi connectivity index (χ2n) is 5.97. The molecule has 116 valence electrons. The third-order valence-electron chi connectivity index (χ3n) is 4.72. The minimum atomic E-state index is 0.108. The van der Waals surface area contributed by atoms with Crippen molar-refractivity contribution in [3.05, 3.63) is 29.8 Å². The largest absolute Gasteiger partial charge is 0.374 e. The van der Waals surface area contributed by atoms with Crippen LogP contribution < -0.4 is 11.3 Å². The van der Waals surface area contributed by atoms with Crippen molar-refractivity contribution in [2.45, 2.75) is 35.8 Å². The fourth-order valence-corrected chi connectivity index (χ4v) is 5.64. The highest BCUT2D eigenvalue weighted by atomic mass is 32.2. The Bertz CT molecular complexity index is 477. The number of hydrazine groups is 1. The lowest BCUT2D eigenvalue weighted by Gasteiger charge is -2.41. The summed E-state index contributed by atoms with van der Waals surface area (Å²) in [6.07, 6.45) is 5.53. The molecule has 2 fully saturated rings. The van der Waals surface area contributed by atoms with Gasteiger partial charge in [0, 0.05) is 17.3 Å². The first-order valence-electron chi connectivity index (χ1n) is 7.59. The van der Waals surface area contributed by atoms with Crippen LogP contribution in [0.2, 0.25) is 0 Å².